The van der Waals surface area contributed by atoms with Crippen molar-refractivity contribution in [3.63, 3.8) is 0 Å². The van der Waals surface area contributed by atoms with Gasteiger partial charge in [0.1, 0.15) is 11.3 Å². The number of benzene rings is 1. The fourth-order valence-corrected chi connectivity index (χ4v) is 2.27. The van der Waals surface area contributed by atoms with Gasteiger partial charge < -0.3 is 5.32 Å². The van der Waals surface area contributed by atoms with Crippen LogP contribution in [0.25, 0.3) is 5.65 Å². The van der Waals surface area contributed by atoms with Gasteiger partial charge in [0, 0.05) is 24.0 Å². The van der Waals surface area contributed by atoms with Crippen LogP contribution in [-0.2, 0) is 0 Å². The second kappa shape index (κ2) is 5.28. The number of rotatable bonds is 3. The van der Waals surface area contributed by atoms with Crippen LogP contribution < -0.4 is 5.32 Å². The Balaban J connectivity index is 1.95. The maximum Gasteiger partial charge on any atom is 0.274 e. The number of amides is 1. The highest BCUT2D eigenvalue weighted by atomic mass is 16.6. The van der Waals surface area contributed by atoms with Gasteiger partial charge in [-0.3, -0.25) is 19.3 Å². The zero-order chi connectivity index (χ0) is 15.7. The molecule has 2 aromatic heterocycles. The van der Waals surface area contributed by atoms with Crippen molar-refractivity contribution < 1.29 is 9.72 Å². The van der Waals surface area contributed by atoms with Crippen LogP contribution in [0.4, 0.5) is 11.4 Å². The first-order valence-electron chi connectivity index (χ1n) is 6.56. The summed E-state index contributed by atoms with van der Waals surface area (Å²) in [6, 6.07) is 11.3. The Bertz CT molecular complexity index is 885. The molecule has 7 nitrogen and oxygen atoms in total. The van der Waals surface area contributed by atoms with Crippen molar-refractivity contribution in [3.05, 3.63) is 70.2 Å². The van der Waals surface area contributed by atoms with Gasteiger partial charge in [0.2, 0.25) is 0 Å². The number of anilines is 1. The predicted octanol–water partition coefficient (Wildman–Crippen LogP) is 2.80. The number of fused-ring (bicyclic) bond motifs is 1. The third kappa shape index (κ3) is 2.39. The maximum atomic E-state index is 12.4. The topological polar surface area (TPSA) is 89.5 Å². The van der Waals surface area contributed by atoms with Crippen LogP contribution in [0.2, 0.25) is 0 Å². The standard InChI is InChI=1S/C15H12N4O3/c1-10-14(18-8-3-2-7-13(18)16-10)15(20)17-11-5-4-6-12(9-11)19(21)22/h2-9H,1H3,(H,17,20). The smallest absolute Gasteiger partial charge is 0.274 e. The van der Waals surface area contributed by atoms with E-state index >= 15 is 0 Å². The number of nitro groups is 1. The van der Waals surface area contributed by atoms with Crippen molar-refractivity contribution in [2.75, 3.05) is 5.32 Å². The highest BCUT2D eigenvalue weighted by molar-refractivity contribution is 6.04. The number of aromatic nitrogens is 2. The molecule has 7 heteroatoms. The van der Waals surface area contributed by atoms with E-state index < -0.39 is 4.92 Å². The molecule has 110 valence electrons. The van der Waals surface area contributed by atoms with Crippen molar-refractivity contribution >= 4 is 22.9 Å². The van der Waals surface area contributed by atoms with Gasteiger partial charge in [-0.15, -0.1) is 0 Å². The molecule has 0 saturated carbocycles. The Labute approximate surface area is 125 Å². The fourth-order valence-electron chi connectivity index (χ4n) is 2.27. The normalized spacial score (nSPS) is 10.6. The summed E-state index contributed by atoms with van der Waals surface area (Å²) in [7, 11) is 0. The molecule has 0 saturated heterocycles. The van der Waals surface area contributed by atoms with Crippen LogP contribution >= 0.6 is 0 Å². The molecule has 1 aromatic carbocycles. The van der Waals surface area contributed by atoms with Crippen molar-refractivity contribution in [3.8, 4) is 0 Å². The van der Waals surface area contributed by atoms with Crippen LogP contribution in [0.1, 0.15) is 16.2 Å². The van der Waals surface area contributed by atoms with Gasteiger partial charge in [-0.1, -0.05) is 12.1 Å². The molecule has 2 heterocycles. The summed E-state index contributed by atoms with van der Waals surface area (Å²) in [5.74, 6) is -0.364. The zero-order valence-corrected chi connectivity index (χ0v) is 11.7. The Hall–Kier alpha value is -3.22. The summed E-state index contributed by atoms with van der Waals surface area (Å²) < 4.78 is 1.68. The third-order valence-electron chi connectivity index (χ3n) is 3.23. The van der Waals surface area contributed by atoms with Gasteiger partial charge >= 0.3 is 0 Å². The lowest BCUT2D eigenvalue weighted by Crippen LogP contribution is -2.15. The minimum absolute atomic E-state index is 0.0762. The molecule has 0 aliphatic heterocycles. The van der Waals surface area contributed by atoms with E-state index in [-0.39, 0.29) is 11.6 Å². The molecule has 0 bridgehead atoms. The average Bonchev–Trinajstić information content (AvgIpc) is 2.83. The molecular formula is C15H12N4O3. The number of nitrogens with zero attached hydrogens (tertiary/aromatic N) is 3. The first-order chi connectivity index (χ1) is 10.6. The monoisotopic (exact) mass is 296 g/mol. The molecule has 3 rings (SSSR count). The molecule has 0 atom stereocenters. The van der Waals surface area contributed by atoms with Crippen molar-refractivity contribution in [2.24, 2.45) is 0 Å². The number of hydrogen-bond donors (Lipinski definition) is 1. The fraction of sp³-hybridized carbons (Fsp3) is 0.0667. The molecule has 0 spiro atoms. The van der Waals surface area contributed by atoms with Crippen LogP contribution in [-0.4, -0.2) is 20.2 Å². The second-order valence-electron chi connectivity index (χ2n) is 4.74. The van der Waals surface area contributed by atoms with E-state index in [1.54, 1.807) is 35.7 Å². The molecule has 1 N–H and O–H groups in total. The average molecular weight is 296 g/mol. The first-order valence-corrected chi connectivity index (χ1v) is 6.56. The number of carbonyl (C=O) groups excluding carboxylic acids is 1. The van der Waals surface area contributed by atoms with E-state index in [4.69, 9.17) is 0 Å². The minimum Gasteiger partial charge on any atom is -0.320 e. The van der Waals surface area contributed by atoms with Gasteiger partial charge in [0.25, 0.3) is 11.6 Å². The lowest BCUT2D eigenvalue weighted by molar-refractivity contribution is -0.384. The largest absolute Gasteiger partial charge is 0.320 e. The van der Waals surface area contributed by atoms with Crippen molar-refractivity contribution in [1.29, 1.82) is 0 Å². The molecule has 0 unspecified atom stereocenters. The summed E-state index contributed by atoms with van der Waals surface area (Å²) in [6.45, 7) is 1.75. The highest BCUT2D eigenvalue weighted by Crippen LogP contribution is 2.19. The maximum absolute atomic E-state index is 12.4. The van der Waals surface area contributed by atoms with E-state index in [0.29, 0.717) is 22.7 Å². The Morgan fingerprint density at radius 3 is 2.86 bits per heavy atom. The van der Waals surface area contributed by atoms with Crippen LogP contribution in [0, 0.1) is 17.0 Å². The molecule has 0 aliphatic rings. The minimum atomic E-state index is -0.505. The summed E-state index contributed by atoms with van der Waals surface area (Å²) in [5, 5.41) is 13.4. The summed E-state index contributed by atoms with van der Waals surface area (Å²) >= 11 is 0. The molecule has 3 aromatic rings. The van der Waals surface area contributed by atoms with E-state index in [9.17, 15) is 14.9 Å². The SMILES string of the molecule is Cc1nc2ccccn2c1C(=O)Nc1cccc([N+](=O)[O-])c1. The zero-order valence-electron chi connectivity index (χ0n) is 11.7. The molecule has 22 heavy (non-hydrogen) atoms. The van der Waals surface area contributed by atoms with Crippen molar-refractivity contribution in [1.82, 2.24) is 9.38 Å². The number of nitrogens with one attached hydrogen (secondary N) is 1. The number of carbonyl (C=O) groups is 1. The van der Waals surface area contributed by atoms with Gasteiger partial charge in [0.05, 0.1) is 10.6 Å². The summed E-state index contributed by atoms with van der Waals surface area (Å²) in [6.07, 6.45) is 1.75. The van der Waals surface area contributed by atoms with E-state index in [1.807, 2.05) is 6.07 Å². The lowest BCUT2D eigenvalue weighted by atomic mass is 10.2. The van der Waals surface area contributed by atoms with Crippen LogP contribution in [0.5, 0.6) is 0 Å². The van der Waals surface area contributed by atoms with Gasteiger partial charge in [-0.25, -0.2) is 4.98 Å². The van der Waals surface area contributed by atoms with E-state index in [1.165, 1.54) is 18.2 Å². The number of aryl methyl sites for hydroxylation is 1. The second-order valence-corrected chi connectivity index (χ2v) is 4.74. The van der Waals surface area contributed by atoms with E-state index in [0.717, 1.165) is 0 Å². The van der Waals surface area contributed by atoms with Gasteiger partial charge in [-0.2, -0.15) is 0 Å². The number of nitro benzene ring substituents is 1. The molecule has 1 amide bonds. The van der Waals surface area contributed by atoms with Crippen LogP contribution in [0.15, 0.2) is 48.7 Å². The Kier molecular flexibility index (Phi) is 3.30. The molecule has 0 fully saturated rings. The van der Waals surface area contributed by atoms with Crippen LogP contribution in [0.3, 0.4) is 0 Å². The number of hydrogen-bond acceptors (Lipinski definition) is 4. The molecule has 0 radical (unpaired) electrons. The molecule has 0 aliphatic carbocycles. The van der Waals surface area contributed by atoms with E-state index in [2.05, 4.69) is 10.3 Å². The van der Waals surface area contributed by atoms with Gasteiger partial charge in [0.15, 0.2) is 0 Å². The molecular weight excluding hydrogens is 284 g/mol. The quantitative estimate of drug-likeness (QED) is 0.594. The first kappa shape index (κ1) is 13.7. The number of non-ortho nitro benzene ring substituents is 1. The van der Waals surface area contributed by atoms with Crippen molar-refractivity contribution in [2.45, 2.75) is 6.92 Å². The lowest BCUT2D eigenvalue weighted by Gasteiger charge is -2.06. The van der Waals surface area contributed by atoms with Gasteiger partial charge in [-0.05, 0) is 25.1 Å². The Morgan fingerprint density at radius 1 is 1.27 bits per heavy atom. The summed E-state index contributed by atoms with van der Waals surface area (Å²) in [4.78, 5) is 27.0. The third-order valence-corrected chi connectivity index (χ3v) is 3.23. The Morgan fingerprint density at radius 2 is 2.09 bits per heavy atom. The summed E-state index contributed by atoms with van der Waals surface area (Å²) in [5.41, 5.74) is 1.96. The number of pyridine rings is 1. The highest BCUT2D eigenvalue weighted by Gasteiger charge is 2.17. The predicted molar refractivity (Wildman–Crippen MR) is 81.0 cm³/mol. The number of imidazole rings is 1.